The van der Waals surface area contributed by atoms with E-state index in [1.54, 1.807) is 0 Å². The van der Waals surface area contributed by atoms with E-state index >= 15 is 0 Å². The monoisotopic (exact) mass is 268 g/mol. The van der Waals surface area contributed by atoms with Gasteiger partial charge in [-0.1, -0.05) is 55.9 Å². The zero-order valence-electron chi connectivity index (χ0n) is 11.3. The Hall–Kier alpha value is -2.12. The lowest BCUT2D eigenvalue weighted by molar-refractivity contribution is 0.991. The second-order valence-electron chi connectivity index (χ2n) is 5.36. The van der Waals surface area contributed by atoms with Gasteiger partial charge in [0.05, 0.1) is 5.56 Å². The Morgan fingerprint density at radius 1 is 1.16 bits per heavy atom. The van der Waals surface area contributed by atoms with Crippen molar-refractivity contribution in [2.45, 2.75) is 19.6 Å². The fraction of sp³-hybridized carbons (Fsp3) is 0.200. The summed E-state index contributed by atoms with van der Waals surface area (Å²) in [6, 6.07) is 11.3. The van der Waals surface area contributed by atoms with E-state index < -0.39 is 8.07 Å². The predicted octanol–water partition coefficient (Wildman–Crippen LogP) is 2.67. The van der Waals surface area contributed by atoms with Gasteiger partial charge in [-0.3, -0.25) is 4.79 Å². The average Bonchev–Trinajstić information content (AvgIpc) is 2.37. The van der Waals surface area contributed by atoms with Gasteiger partial charge < -0.3 is 0 Å². The highest BCUT2D eigenvalue weighted by molar-refractivity contribution is 6.83. The van der Waals surface area contributed by atoms with Crippen LogP contribution in [0.2, 0.25) is 19.6 Å². The number of rotatable bonds is 1. The predicted molar refractivity (Wildman–Crippen MR) is 80.5 cm³/mol. The minimum absolute atomic E-state index is 0.223. The summed E-state index contributed by atoms with van der Waals surface area (Å²) < 4.78 is 0. The molecule has 96 valence electrons. The lowest BCUT2D eigenvalue weighted by Crippen LogP contribution is -2.16. The molecule has 19 heavy (non-hydrogen) atoms. The summed E-state index contributed by atoms with van der Waals surface area (Å²) in [5.41, 5.74) is 5.43. The normalized spacial score (nSPS) is 10.7. The molecule has 0 aliphatic rings. The van der Waals surface area contributed by atoms with Crippen molar-refractivity contribution in [1.29, 1.82) is 0 Å². The number of aromatic nitrogens is 2. The number of hydrogen-bond acceptors (Lipinski definition) is 2. The Kier molecular flexibility index (Phi) is 3.68. The van der Waals surface area contributed by atoms with E-state index in [-0.39, 0.29) is 5.56 Å². The molecule has 1 aromatic heterocycles. The Morgan fingerprint density at radius 2 is 1.84 bits per heavy atom. The molecule has 0 atom stereocenters. The van der Waals surface area contributed by atoms with E-state index in [0.29, 0.717) is 5.56 Å². The minimum atomic E-state index is -1.48. The van der Waals surface area contributed by atoms with Crippen LogP contribution in [0.3, 0.4) is 0 Å². The van der Waals surface area contributed by atoms with Gasteiger partial charge in [0.25, 0.3) is 5.56 Å². The molecule has 0 aliphatic carbocycles. The molecule has 0 saturated carbocycles. The molecule has 0 radical (unpaired) electrons. The van der Waals surface area contributed by atoms with E-state index in [1.165, 1.54) is 6.07 Å². The van der Waals surface area contributed by atoms with Crippen LogP contribution in [-0.4, -0.2) is 18.3 Å². The van der Waals surface area contributed by atoms with Crippen molar-refractivity contribution >= 4 is 8.07 Å². The number of aromatic amines is 1. The third kappa shape index (κ3) is 3.67. The fourth-order valence-electron chi connectivity index (χ4n) is 1.57. The zero-order chi connectivity index (χ0) is 13.9. The van der Waals surface area contributed by atoms with Crippen molar-refractivity contribution in [1.82, 2.24) is 10.2 Å². The molecule has 2 rings (SSSR count). The number of nitrogens with one attached hydrogen (secondary N) is 1. The van der Waals surface area contributed by atoms with E-state index in [2.05, 4.69) is 41.3 Å². The van der Waals surface area contributed by atoms with Crippen LogP contribution in [-0.2, 0) is 0 Å². The summed E-state index contributed by atoms with van der Waals surface area (Å²) in [7, 11) is -1.48. The molecule has 1 N–H and O–H groups in total. The highest BCUT2D eigenvalue weighted by atomic mass is 28.3. The SMILES string of the molecule is C[Si](C)(C)C#Cc1cc(=O)[nH]nc1-c1ccccc1. The first kappa shape index (κ1) is 13.3. The van der Waals surface area contributed by atoms with Crippen LogP contribution in [0.25, 0.3) is 11.3 Å². The molecule has 0 bridgehead atoms. The molecule has 4 heteroatoms. The number of nitrogens with zero attached hydrogens (tertiary/aromatic N) is 1. The number of H-pyrrole nitrogens is 1. The van der Waals surface area contributed by atoms with Gasteiger partial charge in [0.1, 0.15) is 13.8 Å². The van der Waals surface area contributed by atoms with Crippen LogP contribution in [0, 0.1) is 11.5 Å². The molecule has 1 heterocycles. The maximum atomic E-state index is 11.4. The summed E-state index contributed by atoms with van der Waals surface area (Å²) in [6.07, 6.45) is 0. The van der Waals surface area contributed by atoms with Crippen molar-refractivity contribution in [2.24, 2.45) is 0 Å². The second-order valence-corrected chi connectivity index (χ2v) is 10.1. The van der Waals surface area contributed by atoms with Crippen LogP contribution >= 0.6 is 0 Å². The summed E-state index contributed by atoms with van der Waals surface area (Å²) in [4.78, 5) is 11.4. The van der Waals surface area contributed by atoms with Crippen LogP contribution in [0.5, 0.6) is 0 Å². The van der Waals surface area contributed by atoms with Crippen LogP contribution in [0.1, 0.15) is 5.56 Å². The second kappa shape index (κ2) is 5.25. The van der Waals surface area contributed by atoms with Crippen molar-refractivity contribution in [3.63, 3.8) is 0 Å². The van der Waals surface area contributed by atoms with E-state index in [9.17, 15) is 4.79 Å². The van der Waals surface area contributed by atoms with E-state index in [4.69, 9.17) is 0 Å². The van der Waals surface area contributed by atoms with Gasteiger partial charge in [0.2, 0.25) is 0 Å². The van der Waals surface area contributed by atoms with E-state index in [0.717, 1.165) is 11.3 Å². The fourth-order valence-corrected chi connectivity index (χ4v) is 2.08. The lowest BCUT2D eigenvalue weighted by Gasteiger charge is -2.05. The molecule has 3 nitrogen and oxygen atoms in total. The van der Waals surface area contributed by atoms with Crippen molar-refractivity contribution < 1.29 is 0 Å². The molecule has 1 aromatic carbocycles. The zero-order valence-corrected chi connectivity index (χ0v) is 12.3. The molecule has 0 saturated heterocycles. The smallest absolute Gasteiger partial charge is 0.265 e. The third-order valence-electron chi connectivity index (χ3n) is 2.43. The van der Waals surface area contributed by atoms with Crippen molar-refractivity contribution in [3.8, 4) is 22.7 Å². The van der Waals surface area contributed by atoms with Gasteiger partial charge in [0, 0.05) is 11.6 Å². The Balaban J connectivity index is 2.56. The molecular formula is C15H16N2OSi. The van der Waals surface area contributed by atoms with Gasteiger partial charge >= 0.3 is 0 Å². The molecule has 2 aromatic rings. The molecule has 0 spiro atoms. The Morgan fingerprint density at radius 3 is 2.47 bits per heavy atom. The minimum Gasteiger partial charge on any atom is -0.268 e. The molecular weight excluding hydrogens is 252 g/mol. The Labute approximate surface area is 113 Å². The average molecular weight is 268 g/mol. The summed E-state index contributed by atoms with van der Waals surface area (Å²) in [5, 5.41) is 6.60. The lowest BCUT2D eigenvalue weighted by atomic mass is 10.1. The topological polar surface area (TPSA) is 45.8 Å². The van der Waals surface area contributed by atoms with Gasteiger partial charge in [-0.05, 0) is 0 Å². The largest absolute Gasteiger partial charge is 0.268 e. The molecule has 0 amide bonds. The van der Waals surface area contributed by atoms with Crippen LogP contribution in [0.4, 0.5) is 0 Å². The summed E-state index contributed by atoms with van der Waals surface area (Å²) >= 11 is 0. The third-order valence-corrected chi connectivity index (χ3v) is 3.30. The summed E-state index contributed by atoms with van der Waals surface area (Å²) in [5.74, 6) is 3.12. The highest BCUT2D eigenvalue weighted by Gasteiger charge is 2.10. The van der Waals surface area contributed by atoms with Crippen molar-refractivity contribution in [3.05, 3.63) is 52.3 Å². The van der Waals surface area contributed by atoms with Gasteiger partial charge in [-0.25, -0.2) is 5.10 Å². The highest BCUT2D eigenvalue weighted by Crippen LogP contribution is 2.18. The van der Waals surface area contributed by atoms with Gasteiger partial charge in [0.15, 0.2) is 0 Å². The van der Waals surface area contributed by atoms with Crippen molar-refractivity contribution in [2.75, 3.05) is 0 Å². The van der Waals surface area contributed by atoms with Crippen LogP contribution < -0.4 is 5.56 Å². The maximum Gasteiger partial charge on any atom is 0.265 e. The first-order valence-electron chi connectivity index (χ1n) is 6.14. The molecule has 0 fully saturated rings. The quantitative estimate of drug-likeness (QED) is 0.638. The summed E-state index contributed by atoms with van der Waals surface area (Å²) in [6.45, 7) is 6.51. The number of hydrogen-bond donors (Lipinski definition) is 1. The first-order chi connectivity index (χ1) is 8.96. The molecule has 0 unspecified atom stereocenters. The van der Waals surface area contributed by atoms with Gasteiger partial charge in [-0.15, -0.1) is 5.54 Å². The maximum absolute atomic E-state index is 11.4. The van der Waals surface area contributed by atoms with Crippen LogP contribution in [0.15, 0.2) is 41.2 Å². The molecule has 0 aliphatic heterocycles. The van der Waals surface area contributed by atoms with Gasteiger partial charge in [-0.2, -0.15) is 5.10 Å². The van der Waals surface area contributed by atoms with E-state index in [1.807, 2.05) is 30.3 Å². The number of benzene rings is 1. The Bertz CT molecular complexity index is 688. The standard InChI is InChI=1S/C15H16N2OSi/c1-19(2,3)10-9-13-11-14(18)16-17-15(13)12-7-5-4-6-8-12/h4-8,11H,1-3H3,(H,16,18). The first-order valence-corrected chi connectivity index (χ1v) is 9.64.